The van der Waals surface area contributed by atoms with Gasteiger partial charge in [0.1, 0.15) is 0 Å². The second-order valence-electron chi connectivity index (χ2n) is 6.36. The normalized spacial score (nSPS) is 29.2. The number of fused-ring (bicyclic) bond motifs is 2. The molecule has 0 aromatic carbocycles. The van der Waals surface area contributed by atoms with Crippen LogP contribution in [0.15, 0.2) is 0 Å². The van der Waals surface area contributed by atoms with E-state index in [2.05, 4.69) is 5.32 Å². The largest absolute Gasteiger partial charge is 0.481 e. The molecule has 0 radical (unpaired) electrons. The van der Waals surface area contributed by atoms with Gasteiger partial charge in [-0.05, 0) is 44.9 Å². The number of nitrogens with zero attached hydrogens (tertiary/aromatic N) is 1. The van der Waals surface area contributed by atoms with E-state index in [0.29, 0.717) is 6.61 Å². The summed E-state index contributed by atoms with van der Waals surface area (Å²) in [6, 6.07) is 0.513. The summed E-state index contributed by atoms with van der Waals surface area (Å²) in [6.45, 7) is 2.62. The molecule has 2 N–H and O–H groups in total. The molecular weight excluding hydrogens is 272 g/mol. The third-order valence-electron chi connectivity index (χ3n) is 4.65. The zero-order valence-corrected chi connectivity index (χ0v) is 12.9. The lowest BCUT2D eigenvalue weighted by Gasteiger charge is -2.39. The van der Waals surface area contributed by atoms with Crippen molar-refractivity contribution in [3.05, 3.63) is 0 Å². The Morgan fingerprint density at radius 2 is 1.95 bits per heavy atom. The molecule has 2 fully saturated rings. The Balaban J connectivity index is 1.87. The molecule has 0 aromatic rings. The van der Waals surface area contributed by atoms with Crippen molar-refractivity contribution in [3.63, 3.8) is 0 Å². The maximum Gasteiger partial charge on any atom is 0.318 e. The number of piperidine rings is 1. The summed E-state index contributed by atoms with van der Waals surface area (Å²) >= 11 is 0. The molecule has 120 valence electrons. The molecule has 6 nitrogen and oxygen atoms in total. The Bertz CT molecular complexity index is 374. The molecule has 0 aliphatic carbocycles. The number of rotatable bonds is 6. The maximum atomic E-state index is 12.4. The first kappa shape index (κ1) is 16.1. The van der Waals surface area contributed by atoms with Gasteiger partial charge in [-0.2, -0.15) is 0 Å². The van der Waals surface area contributed by atoms with Gasteiger partial charge in [0, 0.05) is 38.3 Å². The third-order valence-corrected chi connectivity index (χ3v) is 4.65. The number of nitrogens with one attached hydrogen (secondary N) is 1. The summed E-state index contributed by atoms with van der Waals surface area (Å²) in [7, 11) is 1.65. The van der Waals surface area contributed by atoms with E-state index in [-0.39, 0.29) is 36.5 Å². The monoisotopic (exact) mass is 298 g/mol. The molecule has 2 bridgehead atoms. The van der Waals surface area contributed by atoms with Gasteiger partial charge in [0.05, 0.1) is 0 Å². The zero-order chi connectivity index (χ0) is 15.4. The summed E-state index contributed by atoms with van der Waals surface area (Å²) in [5.74, 6) is -0.513. The second-order valence-corrected chi connectivity index (χ2v) is 6.36. The molecule has 0 saturated carbocycles. The van der Waals surface area contributed by atoms with Crippen LogP contribution in [0.3, 0.4) is 0 Å². The minimum absolute atomic E-state index is 0.000113. The standard InChI is InChI=1S/C15H26N2O4/c1-10(5-6-21-2)16-15(20)17-12-3-4-13(17)8-11(7-12)9-14(18)19/h10-13H,3-9H2,1-2H3,(H,16,20)(H,18,19). The van der Waals surface area contributed by atoms with Crippen molar-refractivity contribution in [1.29, 1.82) is 0 Å². The lowest BCUT2D eigenvalue weighted by molar-refractivity contribution is -0.138. The van der Waals surface area contributed by atoms with Crippen LogP contribution in [0, 0.1) is 5.92 Å². The van der Waals surface area contributed by atoms with E-state index in [4.69, 9.17) is 9.84 Å². The maximum absolute atomic E-state index is 12.4. The van der Waals surface area contributed by atoms with Crippen LogP contribution < -0.4 is 5.32 Å². The highest BCUT2D eigenvalue weighted by atomic mass is 16.5. The van der Waals surface area contributed by atoms with Crippen molar-refractivity contribution in [3.8, 4) is 0 Å². The second kappa shape index (κ2) is 7.11. The van der Waals surface area contributed by atoms with Crippen LogP contribution in [-0.4, -0.2) is 53.8 Å². The van der Waals surface area contributed by atoms with Gasteiger partial charge in [0.25, 0.3) is 0 Å². The number of carboxylic acids is 1. The van der Waals surface area contributed by atoms with Gasteiger partial charge in [-0.25, -0.2) is 4.79 Å². The van der Waals surface area contributed by atoms with Gasteiger partial charge in [0.15, 0.2) is 0 Å². The smallest absolute Gasteiger partial charge is 0.318 e. The van der Waals surface area contributed by atoms with E-state index < -0.39 is 5.97 Å². The van der Waals surface area contributed by atoms with Crippen molar-refractivity contribution in [2.45, 2.75) is 63.6 Å². The topological polar surface area (TPSA) is 78.9 Å². The first-order chi connectivity index (χ1) is 10.0. The Morgan fingerprint density at radius 1 is 1.33 bits per heavy atom. The van der Waals surface area contributed by atoms with Crippen molar-refractivity contribution in [1.82, 2.24) is 10.2 Å². The van der Waals surface area contributed by atoms with E-state index in [1.807, 2.05) is 11.8 Å². The lowest BCUT2D eigenvalue weighted by atomic mass is 9.88. The number of carbonyl (C=O) groups excluding carboxylic acids is 1. The van der Waals surface area contributed by atoms with E-state index in [1.54, 1.807) is 7.11 Å². The Kier molecular flexibility index (Phi) is 5.45. The van der Waals surface area contributed by atoms with Gasteiger partial charge in [-0.15, -0.1) is 0 Å². The first-order valence-corrected chi connectivity index (χ1v) is 7.80. The molecule has 0 spiro atoms. The Hall–Kier alpha value is -1.30. The fourth-order valence-corrected chi connectivity index (χ4v) is 3.69. The van der Waals surface area contributed by atoms with Crippen molar-refractivity contribution < 1.29 is 19.4 Å². The van der Waals surface area contributed by atoms with E-state index >= 15 is 0 Å². The number of methoxy groups -OCH3 is 1. The molecular formula is C15H26N2O4. The first-order valence-electron chi connectivity index (χ1n) is 7.80. The fourth-order valence-electron chi connectivity index (χ4n) is 3.69. The summed E-state index contributed by atoms with van der Waals surface area (Å²) in [4.78, 5) is 25.2. The number of amides is 2. The highest BCUT2D eigenvalue weighted by Crippen LogP contribution is 2.39. The van der Waals surface area contributed by atoms with Gasteiger partial charge < -0.3 is 20.1 Å². The minimum atomic E-state index is -0.731. The molecule has 2 aliphatic rings. The average molecular weight is 298 g/mol. The van der Waals surface area contributed by atoms with Gasteiger partial charge in [-0.3, -0.25) is 4.79 Å². The SMILES string of the molecule is COCCC(C)NC(=O)N1C2CCC1CC(CC(=O)O)C2. The number of urea groups is 1. The number of hydrogen-bond donors (Lipinski definition) is 2. The molecule has 2 aliphatic heterocycles. The molecule has 0 aromatic heterocycles. The molecule has 6 heteroatoms. The summed E-state index contributed by atoms with van der Waals surface area (Å²) in [5.41, 5.74) is 0. The number of carboxylic acid groups (broad SMARTS) is 1. The van der Waals surface area contributed by atoms with E-state index in [9.17, 15) is 9.59 Å². The number of hydrogen-bond acceptors (Lipinski definition) is 3. The van der Waals surface area contributed by atoms with Crippen LogP contribution in [0.4, 0.5) is 4.79 Å². The summed E-state index contributed by atoms with van der Waals surface area (Å²) in [5, 5.41) is 12.0. The zero-order valence-electron chi connectivity index (χ0n) is 12.9. The lowest BCUT2D eigenvalue weighted by Crippen LogP contribution is -2.52. The molecule has 2 rings (SSSR count). The van der Waals surface area contributed by atoms with Crippen molar-refractivity contribution >= 4 is 12.0 Å². The highest BCUT2D eigenvalue weighted by Gasteiger charge is 2.43. The number of aliphatic carboxylic acids is 1. The molecule has 2 amide bonds. The van der Waals surface area contributed by atoms with Crippen LogP contribution in [0.2, 0.25) is 0 Å². The van der Waals surface area contributed by atoms with Crippen LogP contribution in [0.5, 0.6) is 0 Å². The Labute approximate surface area is 125 Å². The van der Waals surface area contributed by atoms with Crippen LogP contribution in [-0.2, 0) is 9.53 Å². The third kappa shape index (κ3) is 4.09. The molecule has 2 saturated heterocycles. The van der Waals surface area contributed by atoms with Gasteiger partial charge >= 0.3 is 12.0 Å². The minimum Gasteiger partial charge on any atom is -0.481 e. The van der Waals surface area contributed by atoms with Crippen molar-refractivity contribution in [2.75, 3.05) is 13.7 Å². The predicted molar refractivity (Wildman–Crippen MR) is 78.1 cm³/mol. The van der Waals surface area contributed by atoms with Crippen molar-refractivity contribution in [2.24, 2.45) is 5.92 Å². The Morgan fingerprint density at radius 3 is 2.48 bits per heavy atom. The molecule has 3 unspecified atom stereocenters. The van der Waals surface area contributed by atoms with Crippen LogP contribution >= 0.6 is 0 Å². The summed E-state index contributed by atoms with van der Waals surface area (Å²) in [6.07, 6.45) is 4.67. The highest BCUT2D eigenvalue weighted by molar-refractivity contribution is 5.76. The van der Waals surface area contributed by atoms with Crippen LogP contribution in [0.1, 0.15) is 45.4 Å². The fraction of sp³-hybridized carbons (Fsp3) is 0.867. The average Bonchev–Trinajstić information content (AvgIpc) is 2.68. The van der Waals surface area contributed by atoms with Gasteiger partial charge in [-0.1, -0.05) is 0 Å². The van der Waals surface area contributed by atoms with Crippen LogP contribution in [0.25, 0.3) is 0 Å². The molecule has 3 atom stereocenters. The van der Waals surface area contributed by atoms with E-state index in [0.717, 1.165) is 32.1 Å². The quantitative estimate of drug-likeness (QED) is 0.784. The molecule has 21 heavy (non-hydrogen) atoms. The van der Waals surface area contributed by atoms with E-state index in [1.165, 1.54) is 0 Å². The number of carbonyl (C=O) groups is 2. The summed E-state index contributed by atoms with van der Waals surface area (Å²) < 4.78 is 5.02. The van der Waals surface area contributed by atoms with Gasteiger partial charge in [0.2, 0.25) is 0 Å². The molecule has 2 heterocycles. The predicted octanol–water partition coefficient (Wildman–Crippen LogP) is 1.84. The number of ether oxygens (including phenoxy) is 1.